The molecule has 41 heavy (non-hydrogen) atoms. The molecule has 0 aliphatic heterocycles. The average molecular weight is 561 g/mol. The van der Waals surface area contributed by atoms with Gasteiger partial charge >= 0.3 is 5.97 Å². The van der Waals surface area contributed by atoms with Gasteiger partial charge in [-0.2, -0.15) is 0 Å². The molecule has 3 amide bonds. The zero-order chi connectivity index (χ0) is 29.6. The number of hydrogen-bond donors (Lipinski definition) is 4. The Kier molecular flexibility index (Phi) is 12.3. The lowest BCUT2D eigenvalue weighted by molar-refractivity contribution is -0.147. The van der Waals surface area contributed by atoms with Crippen LogP contribution < -0.4 is 21.3 Å². The largest absolute Gasteiger partial charge is 0.461 e. The summed E-state index contributed by atoms with van der Waals surface area (Å²) in [6.07, 6.45) is 2.14. The molecule has 0 unspecified atom stereocenters. The third-order valence-corrected chi connectivity index (χ3v) is 6.94. The summed E-state index contributed by atoms with van der Waals surface area (Å²) >= 11 is 0. The summed E-state index contributed by atoms with van der Waals surface area (Å²) in [6, 6.07) is 20.1. The number of esters is 1. The highest BCUT2D eigenvalue weighted by atomic mass is 16.5. The predicted molar refractivity (Wildman–Crippen MR) is 159 cm³/mol. The molecule has 3 atom stereocenters. The number of amides is 3. The zero-order valence-corrected chi connectivity index (χ0v) is 23.9. The molecule has 0 bridgehead atoms. The van der Waals surface area contributed by atoms with Gasteiger partial charge in [-0.1, -0.05) is 92.6 Å². The molecule has 0 heterocycles. The van der Waals surface area contributed by atoms with Gasteiger partial charge in [0.1, 0.15) is 18.7 Å². The van der Waals surface area contributed by atoms with Crippen LogP contribution in [0.2, 0.25) is 0 Å². The van der Waals surface area contributed by atoms with E-state index in [9.17, 15) is 19.2 Å². The van der Waals surface area contributed by atoms with Crippen LogP contribution in [-0.4, -0.2) is 55.9 Å². The van der Waals surface area contributed by atoms with Gasteiger partial charge in [-0.25, -0.2) is 0 Å². The lowest BCUT2D eigenvalue weighted by atomic mass is 9.98. The lowest BCUT2D eigenvalue weighted by Crippen LogP contribution is -2.56. The first-order valence-electron chi connectivity index (χ1n) is 14.0. The van der Waals surface area contributed by atoms with Crippen molar-refractivity contribution in [2.45, 2.75) is 63.8 Å². The van der Waals surface area contributed by atoms with Crippen LogP contribution in [0.25, 0.3) is 10.8 Å². The molecule has 9 heteroatoms. The fourth-order valence-corrected chi connectivity index (χ4v) is 4.61. The first kappa shape index (κ1) is 31.3. The van der Waals surface area contributed by atoms with Crippen LogP contribution in [-0.2, 0) is 36.9 Å². The maximum absolute atomic E-state index is 13.6. The maximum Gasteiger partial charge on any atom is 0.308 e. The maximum atomic E-state index is 13.6. The molecule has 218 valence electrons. The van der Waals surface area contributed by atoms with Gasteiger partial charge in [0.25, 0.3) is 0 Å². The molecular weight excluding hydrogens is 520 g/mol. The van der Waals surface area contributed by atoms with Crippen molar-refractivity contribution < 1.29 is 23.9 Å². The van der Waals surface area contributed by atoms with Crippen LogP contribution in [0.3, 0.4) is 0 Å². The minimum atomic E-state index is -1.23. The van der Waals surface area contributed by atoms with Crippen molar-refractivity contribution in [1.29, 1.82) is 0 Å². The number of nitrogens with one attached hydrogen (secondary N) is 4. The Balaban J connectivity index is 1.79. The second kappa shape index (κ2) is 16.1. The van der Waals surface area contributed by atoms with Crippen molar-refractivity contribution in [2.75, 3.05) is 14.1 Å². The number of carbonyl (C=O) groups excluding carboxylic acids is 4. The molecule has 0 aliphatic carbocycles. The van der Waals surface area contributed by atoms with Gasteiger partial charge in [0.2, 0.25) is 17.7 Å². The molecule has 0 radical (unpaired) electrons. The Morgan fingerprint density at radius 1 is 0.756 bits per heavy atom. The van der Waals surface area contributed by atoms with E-state index < -0.39 is 35.9 Å². The topological polar surface area (TPSA) is 126 Å². The first-order valence-corrected chi connectivity index (χ1v) is 14.0. The van der Waals surface area contributed by atoms with Gasteiger partial charge in [0, 0.05) is 13.5 Å². The molecule has 0 saturated heterocycles. The van der Waals surface area contributed by atoms with E-state index in [4.69, 9.17) is 4.74 Å². The number of hydrogen-bond acceptors (Lipinski definition) is 6. The van der Waals surface area contributed by atoms with E-state index in [0.29, 0.717) is 6.42 Å². The quantitative estimate of drug-likeness (QED) is 0.212. The van der Waals surface area contributed by atoms with E-state index >= 15 is 0 Å². The second-order valence-corrected chi connectivity index (χ2v) is 9.91. The van der Waals surface area contributed by atoms with Crippen molar-refractivity contribution >= 4 is 34.5 Å². The number of benzene rings is 3. The Bertz CT molecular complexity index is 1310. The lowest BCUT2D eigenvalue weighted by Gasteiger charge is -2.24. The van der Waals surface area contributed by atoms with Crippen molar-refractivity contribution in [3.63, 3.8) is 0 Å². The summed E-state index contributed by atoms with van der Waals surface area (Å²) in [5, 5.41) is 13.1. The third-order valence-electron chi connectivity index (χ3n) is 6.94. The number of rotatable bonds is 15. The van der Waals surface area contributed by atoms with Gasteiger partial charge in [0.05, 0.1) is 12.5 Å². The summed E-state index contributed by atoms with van der Waals surface area (Å²) in [5.74, 6) is -2.08. The summed E-state index contributed by atoms with van der Waals surface area (Å²) in [7, 11) is 3.17. The summed E-state index contributed by atoms with van der Waals surface area (Å²) in [5.41, 5.74) is 1.69. The van der Waals surface area contributed by atoms with E-state index in [-0.39, 0.29) is 25.4 Å². The Labute approximate surface area is 241 Å². The van der Waals surface area contributed by atoms with Crippen molar-refractivity contribution in [3.8, 4) is 0 Å². The Morgan fingerprint density at radius 3 is 2.12 bits per heavy atom. The molecule has 0 aliphatic rings. The number of ether oxygens (including phenoxy) is 1. The fraction of sp³-hybridized carbons (Fsp3) is 0.375. The van der Waals surface area contributed by atoms with Crippen LogP contribution >= 0.6 is 0 Å². The molecule has 4 N–H and O–H groups in total. The van der Waals surface area contributed by atoms with Crippen molar-refractivity contribution in [3.05, 3.63) is 83.9 Å². The van der Waals surface area contributed by atoms with Gasteiger partial charge in [-0.15, -0.1) is 0 Å². The normalized spacial score (nSPS) is 13.0. The molecule has 3 aromatic rings. The third kappa shape index (κ3) is 9.42. The highest BCUT2D eigenvalue weighted by Gasteiger charge is 2.30. The van der Waals surface area contributed by atoms with Crippen LogP contribution in [0.1, 0.15) is 43.7 Å². The molecule has 0 spiro atoms. The minimum absolute atomic E-state index is 0.0412. The average Bonchev–Trinajstić information content (AvgIpc) is 3.00. The molecule has 9 nitrogen and oxygen atoms in total. The van der Waals surface area contributed by atoms with Gasteiger partial charge < -0.3 is 26.0 Å². The fourth-order valence-electron chi connectivity index (χ4n) is 4.61. The van der Waals surface area contributed by atoms with Crippen LogP contribution in [0, 0.1) is 0 Å². The zero-order valence-electron chi connectivity index (χ0n) is 23.9. The first-order chi connectivity index (χ1) is 19.9. The van der Waals surface area contributed by atoms with Gasteiger partial charge in [0.15, 0.2) is 0 Å². The second-order valence-electron chi connectivity index (χ2n) is 9.91. The minimum Gasteiger partial charge on any atom is -0.461 e. The van der Waals surface area contributed by atoms with E-state index in [1.54, 1.807) is 7.05 Å². The van der Waals surface area contributed by atoms with E-state index in [0.717, 1.165) is 34.7 Å². The number of unbranched alkanes of at least 4 members (excludes halogenated alkanes) is 1. The molecule has 0 fully saturated rings. The Hall–Kier alpha value is -4.24. The monoisotopic (exact) mass is 560 g/mol. The van der Waals surface area contributed by atoms with E-state index in [1.165, 1.54) is 7.05 Å². The van der Waals surface area contributed by atoms with Crippen molar-refractivity contribution in [2.24, 2.45) is 0 Å². The molecule has 3 rings (SSSR count). The predicted octanol–water partition coefficient (Wildman–Crippen LogP) is 3.01. The number of fused-ring (bicyclic) bond motifs is 1. The van der Waals surface area contributed by atoms with Crippen LogP contribution in [0.15, 0.2) is 72.8 Å². The van der Waals surface area contributed by atoms with Crippen LogP contribution in [0.5, 0.6) is 0 Å². The summed E-state index contributed by atoms with van der Waals surface area (Å²) in [6.45, 7) is 2.07. The van der Waals surface area contributed by atoms with E-state index in [2.05, 4.69) is 21.3 Å². The number of likely N-dealkylation sites (N-methyl/N-ethyl adjacent to an activating group) is 2. The SMILES string of the molecule is CCCC[C@H](NC)C(=O)N[C@@H](CC(=O)OCc1ccccc1)C(=O)N[C@@H](Cc1cccc2ccccc12)C(=O)NC. The van der Waals surface area contributed by atoms with Gasteiger partial charge in [-0.3, -0.25) is 19.2 Å². The highest BCUT2D eigenvalue weighted by molar-refractivity contribution is 5.95. The molecule has 3 aromatic carbocycles. The Morgan fingerprint density at radius 2 is 1.41 bits per heavy atom. The standard InChI is InChI=1S/C32H40N4O5/c1-4-5-18-26(33-2)31(39)36-28(20-29(37)41-21-22-12-7-6-8-13-22)32(40)35-27(30(38)34-3)19-24-16-11-15-23-14-9-10-17-25(23)24/h6-17,26-28,33H,4-5,18-21H2,1-3H3,(H,34,38)(H,35,40)(H,36,39)/t26-,27-,28-/m0/s1. The molecule has 0 aromatic heterocycles. The number of carbonyl (C=O) groups is 4. The smallest absolute Gasteiger partial charge is 0.308 e. The van der Waals surface area contributed by atoms with Crippen LogP contribution in [0.4, 0.5) is 0 Å². The van der Waals surface area contributed by atoms with E-state index in [1.807, 2.05) is 79.7 Å². The molecule has 0 saturated carbocycles. The summed E-state index contributed by atoms with van der Waals surface area (Å²) < 4.78 is 5.39. The highest BCUT2D eigenvalue weighted by Crippen LogP contribution is 2.20. The van der Waals surface area contributed by atoms with Crippen molar-refractivity contribution in [1.82, 2.24) is 21.3 Å². The van der Waals surface area contributed by atoms with Gasteiger partial charge in [-0.05, 0) is 35.4 Å². The molecular formula is C32H40N4O5. The summed E-state index contributed by atoms with van der Waals surface area (Å²) in [4.78, 5) is 52.3.